The summed E-state index contributed by atoms with van der Waals surface area (Å²) >= 11 is 0. The van der Waals surface area contributed by atoms with Crippen LogP contribution in [0, 0.1) is 0 Å². The van der Waals surface area contributed by atoms with Gasteiger partial charge in [-0.15, -0.1) is 0 Å². The van der Waals surface area contributed by atoms with Crippen molar-refractivity contribution < 1.29 is 19.1 Å². The molecule has 2 heterocycles. The topological polar surface area (TPSA) is 107 Å². The molecule has 0 spiro atoms. The molecule has 0 aliphatic heterocycles. The van der Waals surface area contributed by atoms with E-state index in [0.29, 0.717) is 18.0 Å². The Morgan fingerprint density at radius 1 is 1.03 bits per heavy atom. The molecule has 0 fully saturated rings. The third-order valence-corrected chi connectivity index (χ3v) is 4.23. The Bertz CT molecular complexity index is 1220. The van der Waals surface area contributed by atoms with E-state index >= 15 is 0 Å². The fraction of sp³-hybridized carbons (Fsp3) is 0.0909. The summed E-state index contributed by atoms with van der Waals surface area (Å²) in [6.45, 7) is 2.41. The molecule has 0 aliphatic rings. The van der Waals surface area contributed by atoms with Crippen molar-refractivity contribution in [2.45, 2.75) is 6.92 Å². The maximum Gasteiger partial charge on any atom is 0.419 e. The normalized spacial score (nSPS) is 10.5. The molecule has 9 nitrogen and oxygen atoms in total. The van der Waals surface area contributed by atoms with Gasteiger partial charge < -0.3 is 14.8 Å². The summed E-state index contributed by atoms with van der Waals surface area (Å²) in [7, 11) is 0. The standard InChI is InChI=1S/C22H19N5O4/c1-2-23-21(28)27-13-11-15-14-17(8-9-18(15)27)30-19-10-12-24-20(25-19)26-22(29)31-16-6-4-3-5-7-16/h3-14H,2H2,1H3,(H,23,28)(H,24,25,26,29). The van der Waals surface area contributed by atoms with E-state index in [1.807, 2.05) is 19.1 Å². The SMILES string of the molecule is CCNC(=O)n1ccc2cc(Oc3ccnc(NC(=O)Oc4ccccc4)n3)ccc21. The molecule has 0 saturated heterocycles. The largest absolute Gasteiger partial charge is 0.439 e. The second kappa shape index (κ2) is 8.95. The number of carbonyl (C=O) groups is 2. The minimum absolute atomic E-state index is 0.0434. The molecule has 2 N–H and O–H groups in total. The molecule has 0 saturated carbocycles. The van der Waals surface area contributed by atoms with Crippen LogP contribution in [-0.4, -0.2) is 33.2 Å². The number of benzene rings is 2. The molecule has 2 amide bonds. The second-order valence-electron chi connectivity index (χ2n) is 6.39. The number of nitrogens with one attached hydrogen (secondary N) is 2. The van der Waals surface area contributed by atoms with Crippen LogP contribution in [0.2, 0.25) is 0 Å². The molecule has 4 rings (SSSR count). The zero-order chi connectivity index (χ0) is 21.6. The van der Waals surface area contributed by atoms with Crippen LogP contribution in [0.1, 0.15) is 6.92 Å². The Morgan fingerprint density at radius 2 is 1.87 bits per heavy atom. The van der Waals surface area contributed by atoms with Crippen molar-refractivity contribution in [1.29, 1.82) is 0 Å². The molecule has 31 heavy (non-hydrogen) atoms. The average Bonchev–Trinajstić information content (AvgIpc) is 3.18. The number of hydrogen-bond donors (Lipinski definition) is 2. The minimum atomic E-state index is -0.712. The Labute approximate surface area is 177 Å². The van der Waals surface area contributed by atoms with E-state index in [4.69, 9.17) is 9.47 Å². The predicted octanol–water partition coefficient (Wildman–Crippen LogP) is 4.41. The Balaban J connectivity index is 1.45. The van der Waals surface area contributed by atoms with E-state index in [-0.39, 0.29) is 17.9 Å². The zero-order valence-electron chi connectivity index (χ0n) is 16.6. The molecule has 2 aromatic heterocycles. The van der Waals surface area contributed by atoms with Gasteiger partial charge in [0.05, 0.1) is 5.52 Å². The third kappa shape index (κ3) is 4.78. The fourth-order valence-electron chi connectivity index (χ4n) is 2.89. The van der Waals surface area contributed by atoms with Gasteiger partial charge >= 0.3 is 12.1 Å². The van der Waals surface area contributed by atoms with Crippen molar-refractivity contribution in [1.82, 2.24) is 19.9 Å². The van der Waals surface area contributed by atoms with E-state index in [1.165, 1.54) is 10.8 Å². The maximum atomic E-state index is 12.1. The number of anilines is 1. The number of aromatic nitrogens is 3. The summed E-state index contributed by atoms with van der Waals surface area (Å²) in [6.07, 6.45) is 2.45. The molecule has 0 aliphatic carbocycles. The van der Waals surface area contributed by atoms with Crippen LogP contribution >= 0.6 is 0 Å². The average molecular weight is 417 g/mol. The maximum absolute atomic E-state index is 12.1. The molecule has 0 unspecified atom stereocenters. The van der Waals surface area contributed by atoms with Gasteiger partial charge in [0, 0.05) is 30.4 Å². The van der Waals surface area contributed by atoms with Crippen LogP contribution in [-0.2, 0) is 0 Å². The fourth-order valence-corrected chi connectivity index (χ4v) is 2.89. The number of para-hydroxylation sites is 1. The quantitative estimate of drug-likeness (QED) is 0.498. The number of amides is 2. The van der Waals surface area contributed by atoms with Crippen LogP contribution < -0.4 is 20.1 Å². The smallest absolute Gasteiger partial charge is 0.419 e. The van der Waals surface area contributed by atoms with Gasteiger partial charge in [0.25, 0.3) is 0 Å². The Hall–Kier alpha value is -4.40. The van der Waals surface area contributed by atoms with E-state index in [0.717, 1.165) is 10.9 Å². The Kier molecular flexibility index (Phi) is 5.75. The van der Waals surface area contributed by atoms with Gasteiger partial charge in [-0.2, -0.15) is 4.98 Å². The minimum Gasteiger partial charge on any atom is -0.439 e. The first-order valence-electron chi connectivity index (χ1n) is 9.56. The first kappa shape index (κ1) is 19.9. The van der Waals surface area contributed by atoms with Gasteiger partial charge in [-0.1, -0.05) is 18.2 Å². The van der Waals surface area contributed by atoms with E-state index in [9.17, 15) is 9.59 Å². The molecule has 2 aromatic carbocycles. The van der Waals surface area contributed by atoms with Crippen molar-refractivity contribution in [2.75, 3.05) is 11.9 Å². The number of nitrogens with zero attached hydrogens (tertiary/aromatic N) is 3. The lowest BCUT2D eigenvalue weighted by Gasteiger charge is -2.08. The summed E-state index contributed by atoms with van der Waals surface area (Å²) < 4.78 is 12.5. The van der Waals surface area contributed by atoms with Gasteiger partial charge in [-0.25, -0.2) is 14.6 Å². The van der Waals surface area contributed by atoms with Gasteiger partial charge in [0.15, 0.2) is 0 Å². The lowest BCUT2D eigenvalue weighted by Crippen LogP contribution is -2.27. The number of carbonyl (C=O) groups excluding carboxylic acids is 2. The summed E-state index contributed by atoms with van der Waals surface area (Å²) in [5.74, 6) is 1.22. The lowest BCUT2D eigenvalue weighted by atomic mass is 10.2. The first-order chi connectivity index (χ1) is 15.1. The van der Waals surface area contributed by atoms with E-state index in [1.54, 1.807) is 54.7 Å². The van der Waals surface area contributed by atoms with Crippen LogP contribution in [0.3, 0.4) is 0 Å². The molecule has 156 valence electrons. The summed E-state index contributed by atoms with van der Waals surface area (Å²) in [5.41, 5.74) is 0.756. The van der Waals surface area contributed by atoms with E-state index in [2.05, 4.69) is 20.6 Å². The number of rotatable bonds is 5. The van der Waals surface area contributed by atoms with Gasteiger partial charge in [-0.05, 0) is 43.3 Å². The number of fused-ring (bicyclic) bond motifs is 1. The highest BCUT2D eigenvalue weighted by molar-refractivity contribution is 5.92. The second-order valence-corrected chi connectivity index (χ2v) is 6.39. The van der Waals surface area contributed by atoms with Gasteiger partial charge in [0.1, 0.15) is 11.5 Å². The summed E-state index contributed by atoms with van der Waals surface area (Å²) in [5, 5.41) is 6.06. The predicted molar refractivity (Wildman–Crippen MR) is 115 cm³/mol. The molecule has 9 heteroatoms. The van der Waals surface area contributed by atoms with Crippen molar-refractivity contribution in [3.8, 4) is 17.4 Å². The van der Waals surface area contributed by atoms with Gasteiger partial charge in [0.2, 0.25) is 11.8 Å². The zero-order valence-corrected chi connectivity index (χ0v) is 16.6. The molecule has 0 bridgehead atoms. The molecular formula is C22H19N5O4. The van der Waals surface area contributed by atoms with Crippen molar-refractivity contribution in [3.05, 3.63) is 73.1 Å². The third-order valence-electron chi connectivity index (χ3n) is 4.23. The molecule has 4 aromatic rings. The van der Waals surface area contributed by atoms with Crippen LogP contribution in [0.15, 0.2) is 73.1 Å². The first-order valence-corrected chi connectivity index (χ1v) is 9.56. The van der Waals surface area contributed by atoms with Crippen molar-refractivity contribution >= 4 is 29.0 Å². The highest BCUT2D eigenvalue weighted by Crippen LogP contribution is 2.25. The van der Waals surface area contributed by atoms with Crippen molar-refractivity contribution in [3.63, 3.8) is 0 Å². The Morgan fingerprint density at radius 3 is 2.68 bits per heavy atom. The van der Waals surface area contributed by atoms with Crippen LogP contribution in [0.5, 0.6) is 17.4 Å². The molecular weight excluding hydrogens is 398 g/mol. The van der Waals surface area contributed by atoms with Crippen LogP contribution in [0.4, 0.5) is 15.5 Å². The number of hydrogen-bond acceptors (Lipinski definition) is 6. The summed E-state index contributed by atoms with van der Waals surface area (Å²) in [6, 6.07) is 17.2. The highest BCUT2D eigenvalue weighted by atomic mass is 16.6. The molecule has 0 radical (unpaired) electrons. The van der Waals surface area contributed by atoms with E-state index < -0.39 is 6.09 Å². The lowest BCUT2D eigenvalue weighted by molar-refractivity contribution is 0.215. The van der Waals surface area contributed by atoms with Crippen LogP contribution in [0.25, 0.3) is 10.9 Å². The van der Waals surface area contributed by atoms with Crippen molar-refractivity contribution in [2.24, 2.45) is 0 Å². The number of ether oxygens (including phenoxy) is 2. The van der Waals surface area contributed by atoms with Gasteiger partial charge in [-0.3, -0.25) is 9.88 Å². The monoisotopic (exact) mass is 417 g/mol. The summed E-state index contributed by atoms with van der Waals surface area (Å²) in [4.78, 5) is 32.3. The molecule has 0 atom stereocenters. The highest BCUT2D eigenvalue weighted by Gasteiger charge is 2.11.